The molecule has 4 rings (SSSR count). The molecule has 0 bridgehead atoms. The maximum absolute atomic E-state index is 12.2. The largest absolute Gasteiger partial charge is 0.423 e. The van der Waals surface area contributed by atoms with Crippen molar-refractivity contribution in [3.8, 4) is 5.75 Å². The summed E-state index contributed by atoms with van der Waals surface area (Å²) in [5, 5.41) is 1.37. The van der Waals surface area contributed by atoms with Gasteiger partial charge in [-0.3, -0.25) is 0 Å². The Morgan fingerprint density at radius 2 is 1.92 bits per heavy atom. The number of hydrogen-bond acceptors (Lipinski definition) is 4. The Hall–Kier alpha value is -2.59. The number of fused-ring (bicyclic) bond motifs is 3. The van der Waals surface area contributed by atoms with E-state index in [-0.39, 0.29) is 5.63 Å². The van der Waals surface area contributed by atoms with Crippen molar-refractivity contribution in [2.45, 2.75) is 19.3 Å². The van der Waals surface area contributed by atoms with Gasteiger partial charge in [0.2, 0.25) is 0 Å². The molecule has 3 aromatic rings. The molecule has 1 heterocycles. The Labute approximate surface area is 142 Å². The first-order chi connectivity index (χ1) is 11.6. The second-order valence-corrected chi connectivity index (χ2v) is 6.19. The van der Waals surface area contributed by atoms with Gasteiger partial charge >= 0.3 is 11.6 Å². The third-order valence-corrected chi connectivity index (χ3v) is 4.45. The molecule has 0 radical (unpaired) electrons. The molecule has 0 atom stereocenters. The third-order valence-electron chi connectivity index (χ3n) is 4.22. The van der Waals surface area contributed by atoms with Gasteiger partial charge in [-0.05, 0) is 55.2 Å². The number of carbonyl (C=O) groups excluding carboxylic acids is 1. The molecular weight excluding hydrogens is 328 g/mol. The lowest BCUT2D eigenvalue weighted by Gasteiger charge is -2.07. The molecule has 0 spiro atoms. The van der Waals surface area contributed by atoms with Crippen LogP contribution in [0.2, 0.25) is 5.02 Å². The van der Waals surface area contributed by atoms with E-state index in [1.54, 1.807) is 30.3 Å². The lowest BCUT2D eigenvalue weighted by Crippen LogP contribution is -2.09. The molecule has 0 unspecified atom stereocenters. The van der Waals surface area contributed by atoms with E-state index in [0.29, 0.717) is 21.9 Å². The summed E-state index contributed by atoms with van der Waals surface area (Å²) in [6.45, 7) is 0. The van der Waals surface area contributed by atoms with Gasteiger partial charge in [0.25, 0.3) is 0 Å². The molecule has 0 amide bonds. The van der Waals surface area contributed by atoms with Crippen LogP contribution in [0.4, 0.5) is 0 Å². The van der Waals surface area contributed by atoms with E-state index in [1.165, 1.54) is 6.07 Å². The fourth-order valence-corrected chi connectivity index (χ4v) is 3.30. The first kappa shape index (κ1) is 15.0. The number of aryl methyl sites for hydroxylation is 1. The number of ether oxygens (including phenoxy) is 1. The molecule has 0 fully saturated rings. The van der Waals surface area contributed by atoms with Gasteiger partial charge < -0.3 is 9.15 Å². The molecule has 1 aliphatic rings. The Balaban J connectivity index is 1.70. The molecule has 0 saturated carbocycles. The highest BCUT2D eigenvalue weighted by atomic mass is 35.5. The first-order valence-electron chi connectivity index (χ1n) is 7.68. The number of hydrogen-bond donors (Lipinski definition) is 0. The van der Waals surface area contributed by atoms with Gasteiger partial charge in [-0.2, -0.15) is 0 Å². The second-order valence-electron chi connectivity index (χ2n) is 5.76. The van der Waals surface area contributed by atoms with Gasteiger partial charge in [-0.15, -0.1) is 0 Å². The first-order valence-corrected chi connectivity index (χ1v) is 8.06. The van der Waals surface area contributed by atoms with E-state index < -0.39 is 5.97 Å². The lowest BCUT2D eigenvalue weighted by molar-refractivity contribution is 0.0735. The summed E-state index contributed by atoms with van der Waals surface area (Å²) in [5.41, 5.74) is 2.32. The minimum absolute atomic E-state index is 0.298. The highest BCUT2D eigenvalue weighted by molar-refractivity contribution is 6.30. The van der Waals surface area contributed by atoms with Crippen LogP contribution in [-0.2, 0) is 12.8 Å². The molecule has 1 aromatic heterocycles. The maximum atomic E-state index is 12.2. The predicted octanol–water partition coefficient (Wildman–Crippen LogP) is 4.15. The van der Waals surface area contributed by atoms with E-state index in [1.807, 2.05) is 6.07 Å². The van der Waals surface area contributed by atoms with Crippen LogP contribution in [0.25, 0.3) is 11.0 Å². The molecule has 0 aliphatic heterocycles. The van der Waals surface area contributed by atoms with Crippen molar-refractivity contribution < 1.29 is 13.9 Å². The minimum Gasteiger partial charge on any atom is -0.423 e. The summed E-state index contributed by atoms with van der Waals surface area (Å²) in [5.74, 6) is -0.186. The molecule has 5 heteroatoms. The molecule has 4 nitrogen and oxygen atoms in total. The second kappa shape index (κ2) is 5.80. The van der Waals surface area contributed by atoms with E-state index in [2.05, 4.69) is 0 Å². The highest BCUT2D eigenvalue weighted by Gasteiger charge is 2.20. The smallest absolute Gasteiger partial charge is 0.343 e. The predicted molar refractivity (Wildman–Crippen MR) is 90.9 cm³/mol. The van der Waals surface area contributed by atoms with Gasteiger partial charge in [0.15, 0.2) is 0 Å². The maximum Gasteiger partial charge on any atom is 0.343 e. The van der Waals surface area contributed by atoms with Crippen LogP contribution in [0, 0.1) is 0 Å². The SMILES string of the molecule is O=C(Oc1ccc2c3c(c(=O)oc2c1)CCC3)c1cccc(Cl)c1. The van der Waals surface area contributed by atoms with Crippen molar-refractivity contribution >= 4 is 28.5 Å². The zero-order chi connectivity index (χ0) is 16.7. The molecule has 0 saturated heterocycles. The van der Waals surface area contributed by atoms with Gasteiger partial charge in [0.05, 0.1) is 5.56 Å². The number of benzene rings is 2. The lowest BCUT2D eigenvalue weighted by atomic mass is 10.1. The fourth-order valence-electron chi connectivity index (χ4n) is 3.11. The summed E-state index contributed by atoms with van der Waals surface area (Å²) in [7, 11) is 0. The number of rotatable bonds is 2. The Morgan fingerprint density at radius 1 is 1.08 bits per heavy atom. The van der Waals surface area contributed by atoms with Crippen LogP contribution >= 0.6 is 11.6 Å². The fraction of sp³-hybridized carbons (Fsp3) is 0.158. The molecule has 24 heavy (non-hydrogen) atoms. The number of halogens is 1. The van der Waals surface area contributed by atoms with Crippen LogP contribution in [0.3, 0.4) is 0 Å². The number of esters is 1. The quantitative estimate of drug-likeness (QED) is 0.399. The van der Waals surface area contributed by atoms with Crippen molar-refractivity contribution in [2.24, 2.45) is 0 Å². The summed E-state index contributed by atoms with van der Waals surface area (Å²) in [4.78, 5) is 24.2. The van der Waals surface area contributed by atoms with Crippen molar-refractivity contribution in [1.29, 1.82) is 0 Å². The monoisotopic (exact) mass is 340 g/mol. The van der Waals surface area contributed by atoms with Gasteiger partial charge in [-0.25, -0.2) is 9.59 Å². The summed E-state index contributed by atoms with van der Waals surface area (Å²) < 4.78 is 10.7. The average Bonchev–Trinajstić information content (AvgIpc) is 3.05. The Bertz CT molecular complexity index is 1020. The van der Waals surface area contributed by atoms with Gasteiger partial charge in [0, 0.05) is 22.0 Å². The molecule has 2 aromatic carbocycles. The van der Waals surface area contributed by atoms with E-state index in [4.69, 9.17) is 20.8 Å². The number of carbonyl (C=O) groups is 1. The van der Waals surface area contributed by atoms with E-state index in [9.17, 15) is 9.59 Å². The van der Waals surface area contributed by atoms with Crippen LogP contribution in [0.15, 0.2) is 51.7 Å². The Morgan fingerprint density at radius 3 is 2.75 bits per heavy atom. The van der Waals surface area contributed by atoms with E-state index >= 15 is 0 Å². The zero-order valence-corrected chi connectivity index (χ0v) is 13.4. The van der Waals surface area contributed by atoms with Crippen LogP contribution in [-0.4, -0.2) is 5.97 Å². The molecule has 120 valence electrons. The van der Waals surface area contributed by atoms with Crippen molar-refractivity contribution in [2.75, 3.05) is 0 Å². The highest BCUT2D eigenvalue weighted by Crippen LogP contribution is 2.29. The van der Waals surface area contributed by atoms with Gasteiger partial charge in [0.1, 0.15) is 11.3 Å². The average molecular weight is 341 g/mol. The third kappa shape index (κ3) is 2.59. The normalized spacial score (nSPS) is 13.0. The van der Waals surface area contributed by atoms with Crippen molar-refractivity contribution in [1.82, 2.24) is 0 Å². The van der Waals surface area contributed by atoms with Crippen LogP contribution in [0.5, 0.6) is 5.75 Å². The summed E-state index contributed by atoms with van der Waals surface area (Å²) in [6.07, 6.45) is 2.60. The zero-order valence-electron chi connectivity index (χ0n) is 12.7. The molecular formula is C19H13ClO4. The van der Waals surface area contributed by atoms with Crippen molar-refractivity contribution in [3.05, 3.63) is 74.6 Å². The van der Waals surface area contributed by atoms with Crippen LogP contribution < -0.4 is 10.4 Å². The Kier molecular flexibility index (Phi) is 3.62. The standard InChI is InChI=1S/C19H13ClO4/c20-12-4-1-3-11(9-12)18(21)23-13-7-8-15-14-5-2-6-16(14)19(22)24-17(15)10-13/h1,3-4,7-10H,2,5-6H2. The van der Waals surface area contributed by atoms with Gasteiger partial charge in [-0.1, -0.05) is 17.7 Å². The topological polar surface area (TPSA) is 56.5 Å². The van der Waals surface area contributed by atoms with Crippen LogP contribution in [0.1, 0.15) is 27.9 Å². The summed E-state index contributed by atoms with van der Waals surface area (Å²) in [6, 6.07) is 11.7. The van der Waals surface area contributed by atoms with E-state index in [0.717, 1.165) is 35.8 Å². The molecule has 0 N–H and O–H groups in total. The minimum atomic E-state index is -0.514. The molecule has 1 aliphatic carbocycles. The summed E-state index contributed by atoms with van der Waals surface area (Å²) >= 11 is 5.88. The van der Waals surface area contributed by atoms with Crippen molar-refractivity contribution in [3.63, 3.8) is 0 Å².